The maximum absolute atomic E-state index is 12.2. The third-order valence-corrected chi connectivity index (χ3v) is 3.70. The molecule has 1 aliphatic heterocycles. The lowest BCUT2D eigenvalue weighted by Crippen LogP contribution is -2.58. The van der Waals surface area contributed by atoms with Crippen molar-refractivity contribution in [3.8, 4) is 0 Å². The first-order valence-electron chi connectivity index (χ1n) is 7.54. The summed E-state index contributed by atoms with van der Waals surface area (Å²) in [6.45, 7) is 13.8. The van der Waals surface area contributed by atoms with E-state index in [-0.39, 0.29) is 22.7 Å². The summed E-state index contributed by atoms with van der Waals surface area (Å²) in [6, 6.07) is 1.63. The van der Waals surface area contributed by atoms with Crippen LogP contribution in [0.5, 0.6) is 0 Å². The molecule has 0 atom stereocenters. The van der Waals surface area contributed by atoms with Gasteiger partial charge in [-0.15, -0.1) is 0 Å². The predicted molar refractivity (Wildman–Crippen MR) is 85.0 cm³/mol. The van der Waals surface area contributed by atoms with Crippen LogP contribution in [0.1, 0.15) is 53.2 Å². The van der Waals surface area contributed by atoms with Crippen molar-refractivity contribution in [3.63, 3.8) is 0 Å². The molecule has 0 bridgehead atoms. The molecule has 0 radical (unpaired) electrons. The normalized spacial score (nSPS) is 20.9. The minimum absolute atomic E-state index is 0.00851. The van der Waals surface area contributed by atoms with Crippen LogP contribution in [0.2, 0.25) is 0 Å². The highest BCUT2D eigenvalue weighted by molar-refractivity contribution is 5.35. The van der Waals surface area contributed by atoms with Gasteiger partial charge in [0, 0.05) is 26.2 Å². The van der Waals surface area contributed by atoms with Gasteiger partial charge in [0.1, 0.15) is 0 Å². The molecule has 1 saturated heterocycles. The number of nitrogens with zero attached hydrogens (tertiary/aromatic N) is 3. The van der Waals surface area contributed by atoms with E-state index in [0.717, 1.165) is 24.7 Å². The fourth-order valence-corrected chi connectivity index (χ4v) is 3.05. The first-order valence-corrected chi connectivity index (χ1v) is 7.54. The van der Waals surface area contributed by atoms with E-state index in [9.17, 15) is 4.79 Å². The lowest BCUT2D eigenvalue weighted by Gasteiger charge is -2.47. The molecule has 0 unspecified atom stereocenters. The van der Waals surface area contributed by atoms with E-state index in [1.54, 1.807) is 17.7 Å². The van der Waals surface area contributed by atoms with Gasteiger partial charge in [0.15, 0.2) is 0 Å². The lowest BCUT2D eigenvalue weighted by atomic mass is 9.99. The predicted octanol–water partition coefficient (Wildman–Crippen LogP) is 2.30. The van der Waals surface area contributed by atoms with Crippen molar-refractivity contribution in [2.24, 2.45) is 7.05 Å². The number of hydrogen-bond acceptors (Lipinski definition) is 4. The lowest BCUT2D eigenvalue weighted by molar-refractivity contribution is -0.133. The highest BCUT2D eigenvalue weighted by Gasteiger charge is 2.39. The van der Waals surface area contributed by atoms with Gasteiger partial charge in [-0.3, -0.25) is 9.36 Å². The van der Waals surface area contributed by atoms with Crippen LogP contribution >= 0.6 is 0 Å². The molecule has 5 heteroatoms. The Hall–Kier alpha value is -1.36. The number of rotatable bonds is 2. The summed E-state index contributed by atoms with van der Waals surface area (Å²) in [7, 11) is 1.78. The van der Waals surface area contributed by atoms with Crippen molar-refractivity contribution in [2.45, 2.75) is 58.7 Å². The topological polar surface area (TPSA) is 47.4 Å². The Bertz CT molecular complexity index is 572. The molecule has 0 aliphatic carbocycles. The molecule has 0 saturated carbocycles. The summed E-state index contributed by atoms with van der Waals surface area (Å²) in [6.07, 6.45) is 0. The Morgan fingerprint density at radius 1 is 1.19 bits per heavy atom. The van der Waals surface area contributed by atoms with Crippen molar-refractivity contribution >= 4 is 5.95 Å². The Balaban J connectivity index is 2.48. The quantitative estimate of drug-likeness (QED) is 0.839. The molecule has 0 N–H and O–H groups in total. The zero-order valence-electron chi connectivity index (χ0n) is 14.2. The van der Waals surface area contributed by atoms with E-state index in [2.05, 4.69) is 46.4 Å². The molecule has 0 spiro atoms. The molecule has 1 aromatic heterocycles. The number of aromatic nitrogens is 2. The fraction of sp³-hybridized carbons (Fsp3) is 0.750. The van der Waals surface area contributed by atoms with Crippen LogP contribution in [0.25, 0.3) is 0 Å². The van der Waals surface area contributed by atoms with Gasteiger partial charge in [0.2, 0.25) is 5.95 Å². The summed E-state index contributed by atoms with van der Waals surface area (Å²) in [5, 5.41) is 0. The summed E-state index contributed by atoms with van der Waals surface area (Å²) >= 11 is 0. The molecule has 1 aliphatic rings. The minimum Gasteiger partial charge on any atom is -0.366 e. The van der Waals surface area contributed by atoms with Crippen molar-refractivity contribution in [1.29, 1.82) is 0 Å². The Labute approximate surface area is 126 Å². The van der Waals surface area contributed by atoms with Gasteiger partial charge in [0.05, 0.1) is 16.9 Å². The van der Waals surface area contributed by atoms with Gasteiger partial charge in [0.25, 0.3) is 5.56 Å². The van der Waals surface area contributed by atoms with Crippen LogP contribution in [0.3, 0.4) is 0 Å². The molecule has 21 heavy (non-hydrogen) atoms. The summed E-state index contributed by atoms with van der Waals surface area (Å²) in [5.41, 5.74) is 0.293. The summed E-state index contributed by atoms with van der Waals surface area (Å²) in [5.74, 6) is 0.968. The smallest absolute Gasteiger partial charge is 0.254 e. The Kier molecular flexibility index (Phi) is 3.91. The number of hydrogen-bond donors (Lipinski definition) is 0. The van der Waals surface area contributed by atoms with E-state index >= 15 is 0 Å². The second-order valence-corrected chi connectivity index (χ2v) is 7.51. The average molecular weight is 293 g/mol. The fourth-order valence-electron chi connectivity index (χ4n) is 3.05. The highest BCUT2D eigenvalue weighted by Crippen LogP contribution is 2.30. The summed E-state index contributed by atoms with van der Waals surface area (Å²) < 4.78 is 7.73. The molecule has 2 heterocycles. The zero-order valence-corrected chi connectivity index (χ0v) is 14.2. The minimum atomic E-state index is -0.271. The van der Waals surface area contributed by atoms with Crippen LogP contribution < -0.4 is 10.5 Å². The van der Waals surface area contributed by atoms with Crippen molar-refractivity contribution in [2.75, 3.05) is 18.0 Å². The SMILES string of the molecule is CC(C)c1cc(=O)n(C)c(N2CC(C)(C)OC(C)(C)C2)n1. The number of ether oxygens (including phenoxy) is 1. The van der Waals surface area contributed by atoms with Crippen LogP contribution in [0.4, 0.5) is 5.95 Å². The van der Waals surface area contributed by atoms with Gasteiger partial charge >= 0.3 is 0 Å². The third kappa shape index (κ3) is 3.46. The molecule has 0 amide bonds. The van der Waals surface area contributed by atoms with Gasteiger partial charge in [-0.05, 0) is 33.6 Å². The number of anilines is 1. The van der Waals surface area contributed by atoms with E-state index in [1.165, 1.54) is 0 Å². The number of morpholine rings is 1. The molecule has 1 fully saturated rings. The van der Waals surface area contributed by atoms with Crippen molar-refractivity contribution in [3.05, 3.63) is 22.1 Å². The van der Waals surface area contributed by atoms with Crippen LogP contribution in [-0.2, 0) is 11.8 Å². The van der Waals surface area contributed by atoms with Crippen LogP contribution in [0, 0.1) is 0 Å². The van der Waals surface area contributed by atoms with Crippen molar-refractivity contribution < 1.29 is 4.74 Å². The maximum atomic E-state index is 12.2. The average Bonchev–Trinajstić information content (AvgIpc) is 2.27. The van der Waals surface area contributed by atoms with E-state index < -0.39 is 0 Å². The largest absolute Gasteiger partial charge is 0.366 e. The molecular weight excluding hydrogens is 266 g/mol. The second kappa shape index (κ2) is 5.13. The third-order valence-electron chi connectivity index (χ3n) is 3.70. The summed E-state index contributed by atoms with van der Waals surface area (Å²) in [4.78, 5) is 19.1. The van der Waals surface area contributed by atoms with Gasteiger partial charge in [-0.2, -0.15) is 0 Å². The van der Waals surface area contributed by atoms with E-state index in [0.29, 0.717) is 0 Å². The molecular formula is C16H27N3O2. The highest BCUT2D eigenvalue weighted by atomic mass is 16.5. The first-order chi connectivity index (χ1) is 9.51. The monoisotopic (exact) mass is 293 g/mol. The second-order valence-electron chi connectivity index (χ2n) is 7.51. The molecule has 0 aromatic carbocycles. The Morgan fingerprint density at radius 2 is 1.71 bits per heavy atom. The molecule has 5 nitrogen and oxygen atoms in total. The van der Waals surface area contributed by atoms with Crippen LogP contribution in [0.15, 0.2) is 10.9 Å². The van der Waals surface area contributed by atoms with Crippen LogP contribution in [-0.4, -0.2) is 33.8 Å². The zero-order chi connectivity index (χ0) is 16.0. The molecule has 2 rings (SSSR count). The van der Waals surface area contributed by atoms with Gasteiger partial charge in [-0.1, -0.05) is 13.8 Å². The first kappa shape index (κ1) is 16.0. The Morgan fingerprint density at radius 3 is 2.19 bits per heavy atom. The van der Waals surface area contributed by atoms with Crippen molar-refractivity contribution in [1.82, 2.24) is 9.55 Å². The molecule has 1 aromatic rings. The van der Waals surface area contributed by atoms with Gasteiger partial charge < -0.3 is 9.64 Å². The molecule has 118 valence electrons. The standard InChI is InChI=1S/C16H27N3O2/c1-11(2)12-8-13(20)18(7)14(17-12)19-9-15(3,4)21-16(5,6)10-19/h8,11H,9-10H2,1-7H3. The van der Waals surface area contributed by atoms with Gasteiger partial charge in [-0.25, -0.2) is 4.98 Å². The van der Waals surface area contributed by atoms with E-state index in [4.69, 9.17) is 9.72 Å². The van der Waals surface area contributed by atoms with E-state index in [1.807, 2.05) is 0 Å². The maximum Gasteiger partial charge on any atom is 0.254 e.